The Bertz CT molecular complexity index is 761. The highest BCUT2D eigenvalue weighted by atomic mass is 32.2. The maximum absolute atomic E-state index is 12.7. The number of para-hydroxylation sites is 1. The highest BCUT2D eigenvalue weighted by Gasteiger charge is 2.24. The van der Waals surface area contributed by atoms with Gasteiger partial charge < -0.3 is 0 Å². The van der Waals surface area contributed by atoms with Crippen molar-refractivity contribution in [2.45, 2.75) is 38.5 Å². The Labute approximate surface area is 126 Å². The fourth-order valence-electron chi connectivity index (χ4n) is 2.43. The molecule has 1 heterocycles. The van der Waals surface area contributed by atoms with Crippen LogP contribution in [0.5, 0.6) is 0 Å². The summed E-state index contributed by atoms with van der Waals surface area (Å²) in [6.07, 6.45) is 0. The van der Waals surface area contributed by atoms with Crippen molar-refractivity contribution in [1.29, 1.82) is 0 Å². The summed E-state index contributed by atoms with van der Waals surface area (Å²) in [4.78, 5) is 0.253. The monoisotopic (exact) mass is 307 g/mol. The summed E-state index contributed by atoms with van der Waals surface area (Å²) < 4.78 is 29.6. The smallest absolute Gasteiger partial charge is 0.265 e. The van der Waals surface area contributed by atoms with Gasteiger partial charge in [-0.1, -0.05) is 32.0 Å². The zero-order chi connectivity index (χ0) is 15.8. The first-order valence-corrected chi connectivity index (χ1v) is 8.34. The van der Waals surface area contributed by atoms with Gasteiger partial charge in [0.1, 0.15) is 4.90 Å². The van der Waals surface area contributed by atoms with E-state index in [1.54, 1.807) is 31.6 Å². The van der Waals surface area contributed by atoms with Crippen molar-refractivity contribution in [2.24, 2.45) is 7.05 Å². The Morgan fingerprint density at radius 2 is 1.81 bits per heavy atom. The molecule has 0 spiro atoms. The Morgan fingerprint density at radius 1 is 1.19 bits per heavy atom. The SMILES string of the molecule is Cc1nn(C)c(C)c1S(=O)(=O)Nc1ccccc1C(C)C. The van der Waals surface area contributed by atoms with E-state index in [2.05, 4.69) is 9.82 Å². The molecular weight excluding hydrogens is 286 g/mol. The molecule has 0 bridgehead atoms. The summed E-state index contributed by atoms with van der Waals surface area (Å²) in [6, 6.07) is 7.46. The summed E-state index contributed by atoms with van der Waals surface area (Å²) in [5.74, 6) is 0.236. The largest absolute Gasteiger partial charge is 0.279 e. The maximum Gasteiger partial charge on any atom is 0.265 e. The topological polar surface area (TPSA) is 64.0 Å². The van der Waals surface area contributed by atoms with Crippen LogP contribution in [0.15, 0.2) is 29.2 Å². The first-order valence-electron chi connectivity index (χ1n) is 6.86. The van der Waals surface area contributed by atoms with Gasteiger partial charge in [0.15, 0.2) is 0 Å². The lowest BCUT2D eigenvalue weighted by Gasteiger charge is -2.15. The molecular formula is C15H21N3O2S. The predicted molar refractivity (Wildman–Crippen MR) is 84.0 cm³/mol. The minimum absolute atomic E-state index is 0.236. The third-order valence-corrected chi connectivity index (χ3v) is 5.16. The molecule has 21 heavy (non-hydrogen) atoms. The average Bonchev–Trinajstić information content (AvgIpc) is 2.63. The molecule has 0 radical (unpaired) electrons. The van der Waals surface area contributed by atoms with Crippen LogP contribution in [0, 0.1) is 13.8 Å². The van der Waals surface area contributed by atoms with Crippen LogP contribution < -0.4 is 4.72 Å². The van der Waals surface area contributed by atoms with Crippen molar-refractivity contribution in [1.82, 2.24) is 9.78 Å². The molecule has 1 aromatic carbocycles. The van der Waals surface area contributed by atoms with E-state index < -0.39 is 10.0 Å². The van der Waals surface area contributed by atoms with E-state index in [9.17, 15) is 8.42 Å². The van der Waals surface area contributed by atoms with Crippen molar-refractivity contribution < 1.29 is 8.42 Å². The lowest BCUT2D eigenvalue weighted by molar-refractivity contribution is 0.599. The van der Waals surface area contributed by atoms with Crippen LogP contribution in [-0.2, 0) is 17.1 Å². The van der Waals surface area contributed by atoms with Crippen LogP contribution in [0.1, 0.15) is 36.7 Å². The average molecular weight is 307 g/mol. The van der Waals surface area contributed by atoms with Crippen molar-refractivity contribution >= 4 is 15.7 Å². The van der Waals surface area contributed by atoms with Gasteiger partial charge >= 0.3 is 0 Å². The second-order valence-corrected chi connectivity index (χ2v) is 7.09. The molecule has 0 aliphatic carbocycles. The highest BCUT2D eigenvalue weighted by Crippen LogP contribution is 2.27. The lowest BCUT2D eigenvalue weighted by Crippen LogP contribution is -2.16. The standard InChI is InChI=1S/C15H21N3O2S/c1-10(2)13-8-6-7-9-14(13)17-21(19,20)15-11(3)16-18(5)12(15)4/h6-10,17H,1-5H3. The van der Waals surface area contributed by atoms with Gasteiger partial charge in [0.2, 0.25) is 0 Å². The normalized spacial score (nSPS) is 11.9. The molecule has 0 amide bonds. The van der Waals surface area contributed by atoms with Gasteiger partial charge in [-0.05, 0) is 31.4 Å². The molecule has 2 rings (SSSR count). The Morgan fingerprint density at radius 3 is 2.33 bits per heavy atom. The number of hydrogen-bond acceptors (Lipinski definition) is 3. The third kappa shape index (κ3) is 2.95. The van der Waals surface area contributed by atoms with Crippen LogP contribution in [0.2, 0.25) is 0 Å². The second kappa shape index (κ2) is 5.52. The molecule has 0 aliphatic rings. The first kappa shape index (κ1) is 15.6. The van der Waals surface area contributed by atoms with Crippen molar-refractivity contribution in [3.05, 3.63) is 41.2 Å². The van der Waals surface area contributed by atoms with Crippen LogP contribution in [0.4, 0.5) is 5.69 Å². The fourth-order valence-corrected chi connectivity index (χ4v) is 3.96. The van der Waals surface area contributed by atoms with Gasteiger partial charge in [0.25, 0.3) is 10.0 Å². The van der Waals surface area contributed by atoms with E-state index in [1.165, 1.54) is 0 Å². The van der Waals surface area contributed by atoms with Crippen LogP contribution in [0.25, 0.3) is 0 Å². The van der Waals surface area contributed by atoms with Crippen molar-refractivity contribution in [3.8, 4) is 0 Å². The number of nitrogens with one attached hydrogen (secondary N) is 1. The van der Waals surface area contributed by atoms with Crippen LogP contribution in [0.3, 0.4) is 0 Å². The molecule has 114 valence electrons. The second-order valence-electron chi connectivity index (χ2n) is 5.47. The summed E-state index contributed by atoms with van der Waals surface area (Å²) in [5.41, 5.74) is 2.72. The quantitative estimate of drug-likeness (QED) is 0.944. The minimum Gasteiger partial charge on any atom is -0.279 e. The van der Waals surface area contributed by atoms with E-state index >= 15 is 0 Å². The number of nitrogens with zero attached hydrogens (tertiary/aromatic N) is 2. The van der Waals surface area contributed by atoms with E-state index in [-0.39, 0.29) is 10.8 Å². The van der Waals surface area contributed by atoms with Crippen LogP contribution >= 0.6 is 0 Å². The number of benzene rings is 1. The van der Waals surface area contributed by atoms with Gasteiger partial charge in [-0.3, -0.25) is 9.40 Å². The summed E-state index contributed by atoms with van der Waals surface area (Å²) >= 11 is 0. The number of sulfonamides is 1. The first-order chi connectivity index (χ1) is 9.74. The van der Waals surface area contributed by atoms with Crippen molar-refractivity contribution in [3.63, 3.8) is 0 Å². The molecule has 0 saturated carbocycles. The molecule has 0 saturated heterocycles. The summed E-state index contributed by atoms with van der Waals surface area (Å²) in [6.45, 7) is 7.53. The molecule has 1 aromatic heterocycles. The van der Waals surface area contributed by atoms with E-state index in [1.807, 2.05) is 32.0 Å². The molecule has 6 heteroatoms. The van der Waals surface area contributed by atoms with Gasteiger partial charge in [-0.2, -0.15) is 5.10 Å². The summed E-state index contributed by atoms with van der Waals surface area (Å²) in [7, 11) is -1.90. The number of aromatic nitrogens is 2. The van der Waals surface area contributed by atoms with Crippen molar-refractivity contribution in [2.75, 3.05) is 4.72 Å². The summed E-state index contributed by atoms with van der Waals surface area (Å²) in [5, 5.41) is 4.17. The van der Waals surface area contributed by atoms with E-state index in [4.69, 9.17) is 0 Å². The number of aryl methyl sites for hydroxylation is 2. The molecule has 0 atom stereocenters. The zero-order valence-corrected chi connectivity index (χ0v) is 13.8. The highest BCUT2D eigenvalue weighted by molar-refractivity contribution is 7.92. The molecule has 2 aromatic rings. The Balaban J connectivity index is 2.48. The molecule has 0 unspecified atom stereocenters. The van der Waals surface area contributed by atoms with Gasteiger partial charge in [-0.15, -0.1) is 0 Å². The van der Waals surface area contributed by atoms with Crippen LogP contribution in [-0.4, -0.2) is 18.2 Å². The molecule has 0 aliphatic heterocycles. The number of rotatable bonds is 4. The third-order valence-electron chi connectivity index (χ3n) is 3.54. The zero-order valence-electron chi connectivity index (χ0n) is 13.0. The van der Waals surface area contributed by atoms with E-state index in [0.29, 0.717) is 17.1 Å². The molecule has 0 fully saturated rings. The maximum atomic E-state index is 12.7. The Kier molecular flexibility index (Phi) is 4.09. The van der Waals surface area contributed by atoms with E-state index in [0.717, 1.165) is 5.56 Å². The predicted octanol–water partition coefficient (Wildman–Crippen LogP) is 2.96. The van der Waals surface area contributed by atoms with Gasteiger partial charge in [0, 0.05) is 7.05 Å². The Hall–Kier alpha value is -1.82. The van der Waals surface area contributed by atoms with Gasteiger partial charge in [-0.25, -0.2) is 8.42 Å². The number of hydrogen-bond donors (Lipinski definition) is 1. The molecule has 5 nitrogen and oxygen atoms in total. The van der Waals surface area contributed by atoms with Gasteiger partial charge in [0.05, 0.1) is 17.1 Å². The fraction of sp³-hybridized carbons (Fsp3) is 0.400. The lowest BCUT2D eigenvalue weighted by atomic mass is 10.0. The molecule has 1 N–H and O–H groups in total. The number of anilines is 1. The minimum atomic E-state index is -3.64.